The van der Waals surface area contributed by atoms with Crippen LogP contribution < -0.4 is 11.1 Å². The average Bonchev–Trinajstić information content (AvgIpc) is 2.89. The van der Waals surface area contributed by atoms with E-state index in [1.54, 1.807) is 4.90 Å². The Balaban J connectivity index is 1.87. The quantitative estimate of drug-likeness (QED) is 0.778. The van der Waals surface area contributed by atoms with Crippen LogP contribution in [0.15, 0.2) is 0 Å². The second-order valence-corrected chi connectivity index (χ2v) is 5.94. The molecule has 0 aromatic rings. The van der Waals surface area contributed by atoms with E-state index in [-0.39, 0.29) is 17.9 Å². The second kappa shape index (κ2) is 6.37. The van der Waals surface area contributed by atoms with Crippen molar-refractivity contribution >= 4 is 11.8 Å². The number of nitrogens with zero attached hydrogens (tertiary/aromatic N) is 1. The lowest BCUT2D eigenvalue weighted by atomic mass is 9.85. The second-order valence-electron chi connectivity index (χ2n) is 5.94. The minimum absolute atomic E-state index is 0.0966. The normalized spacial score (nSPS) is 29.2. The molecule has 2 amide bonds. The largest absolute Gasteiger partial charge is 0.368 e. The minimum Gasteiger partial charge on any atom is -0.368 e. The molecular formula is C14H25N3O2. The number of likely N-dealkylation sites (tertiary alicyclic amines) is 1. The van der Waals surface area contributed by atoms with Gasteiger partial charge in [-0.1, -0.05) is 6.92 Å². The highest BCUT2D eigenvalue weighted by atomic mass is 16.2. The van der Waals surface area contributed by atoms with Gasteiger partial charge in [-0.2, -0.15) is 0 Å². The number of nitrogens with two attached hydrogens (primary N) is 1. The zero-order valence-electron chi connectivity index (χ0n) is 11.7. The van der Waals surface area contributed by atoms with E-state index in [2.05, 4.69) is 12.2 Å². The van der Waals surface area contributed by atoms with Gasteiger partial charge >= 0.3 is 0 Å². The summed E-state index contributed by atoms with van der Waals surface area (Å²) in [4.78, 5) is 25.3. The lowest BCUT2D eigenvalue weighted by Gasteiger charge is -2.30. The summed E-state index contributed by atoms with van der Waals surface area (Å²) in [5.41, 5.74) is 5.36. The first kappa shape index (κ1) is 14.3. The predicted molar refractivity (Wildman–Crippen MR) is 73.3 cm³/mol. The molecule has 2 heterocycles. The van der Waals surface area contributed by atoms with Gasteiger partial charge < -0.3 is 16.0 Å². The standard InChI is InChI=1S/C14H25N3O2/c1-10(11-4-2-6-16-9-11)8-13(18)17-7-3-5-12(17)14(15)19/h10-12,16H,2-9H2,1H3,(H2,15,19). The monoisotopic (exact) mass is 267 g/mol. The van der Waals surface area contributed by atoms with Gasteiger partial charge in [0.05, 0.1) is 0 Å². The molecule has 0 aromatic heterocycles. The van der Waals surface area contributed by atoms with Crippen molar-refractivity contribution in [1.29, 1.82) is 0 Å². The molecule has 3 atom stereocenters. The van der Waals surface area contributed by atoms with Crippen LogP contribution in [0.1, 0.15) is 39.0 Å². The summed E-state index contributed by atoms with van der Waals surface area (Å²) >= 11 is 0. The van der Waals surface area contributed by atoms with Crippen molar-refractivity contribution in [3.63, 3.8) is 0 Å². The number of piperidine rings is 1. The van der Waals surface area contributed by atoms with Gasteiger partial charge in [-0.3, -0.25) is 9.59 Å². The fourth-order valence-corrected chi connectivity index (χ4v) is 3.28. The summed E-state index contributed by atoms with van der Waals surface area (Å²) in [7, 11) is 0. The Kier molecular flexibility index (Phi) is 4.80. The third-order valence-electron chi connectivity index (χ3n) is 4.54. The molecule has 0 spiro atoms. The zero-order valence-corrected chi connectivity index (χ0v) is 11.7. The topological polar surface area (TPSA) is 75.4 Å². The van der Waals surface area contributed by atoms with Crippen molar-refractivity contribution < 1.29 is 9.59 Å². The molecule has 3 N–H and O–H groups in total. The third-order valence-corrected chi connectivity index (χ3v) is 4.54. The van der Waals surface area contributed by atoms with E-state index in [0.717, 1.165) is 25.9 Å². The molecule has 2 fully saturated rings. The molecule has 108 valence electrons. The average molecular weight is 267 g/mol. The summed E-state index contributed by atoms with van der Waals surface area (Å²) in [6.07, 6.45) is 4.53. The molecule has 0 saturated carbocycles. The summed E-state index contributed by atoms with van der Waals surface area (Å²) in [6.45, 7) is 4.92. The van der Waals surface area contributed by atoms with E-state index in [1.807, 2.05) is 0 Å². The molecule has 0 bridgehead atoms. The predicted octanol–water partition coefficient (Wildman–Crippen LogP) is 0.489. The van der Waals surface area contributed by atoms with Crippen LogP contribution in [-0.4, -0.2) is 42.4 Å². The van der Waals surface area contributed by atoms with Crippen LogP contribution >= 0.6 is 0 Å². The molecule has 3 unspecified atom stereocenters. The van der Waals surface area contributed by atoms with Gasteiger partial charge in [-0.25, -0.2) is 0 Å². The third kappa shape index (κ3) is 3.47. The first-order valence-corrected chi connectivity index (χ1v) is 7.39. The van der Waals surface area contributed by atoms with Gasteiger partial charge in [0.1, 0.15) is 6.04 Å². The Hall–Kier alpha value is -1.10. The van der Waals surface area contributed by atoms with E-state index in [0.29, 0.717) is 24.8 Å². The number of carbonyl (C=O) groups excluding carboxylic acids is 2. The van der Waals surface area contributed by atoms with Crippen LogP contribution in [0.25, 0.3) is 0 Å². The van der Waals surface area contributed by atoms with E-state index in [4.69, 9.17) is 5.73 Å². The Morgan fingerprint density at radius 1 is 1.37 bits per heavy atom. The smallest absolute Gasteiger partial charge is 0.240 e. The Bertz CT molecular complexity index is 340. The van der Waals surface area contributed by atoms with Gasteiger partial charge in [-0.05, 0) is 50.6 Å². The number of amides is 2. The molecule has 5 heteroatoms. The van der Waals surface area contributed by atoms with Crippen molar-refractivity contribution in [2.24, 2.45) is 17.6 Å². The number of carbonyl (C=O) groups is 2. The van der Waals surface area contributed by atoms with Gasteiger partial charge in [0.15, 0.2) is 0 Å². The minimum atomic E-state index is -0.371. The molecule has 5 nitrogen and oxygen atoms in total. The van der Waals surface area contributed by atoms with Gasteiger partial charge in [0.25, 0.3) is 0 Å². The first-order valence-electron chi connectivity index (χ1n) is 7.39. The van der Waals surface area contributed by atoms with Crippen LogP contribution in [0, 0.1) is 11.8 Å². The maximum Gasteiger partial charge on any atom is 0.240 e. The molecule has 0 radical (unpaired) electrons. The van der Waals surface area contributed by atoms with Crippen molar-refractivity contribution in [2.75, 3.05) is 19.6 Å². The van der Waals surface area contributed by atoms with Gasteiger partial charge in [-0.15, -0.1) is 0 Å². The molecule has 2 aliphatic heterocycles. The van der Waals surface area contributed by atoms with E-state index in [9.17, 15) is 9.59 Å². The Morgan fingerprint density at radius 3 is 2.79 bits per heavy atom. The SMILES string of the molecule is CC(CC(=O)N1CCCC1C(N)=O)C1CCCNC1. The van der Waals surface area contributed by atoms with Gasteiger partial charge in [0, 0.05) is 13.0 Å². The van der Waals surface area contributed by atoms with E-state index >= 15 is 0 Å². The zero-order chi connectivity index (χ0) is 13.8. The Labute approximate surface area is 114 Å². The van der Waals surface area contributed by atoms with Crippen LogP contribution in [0.3, 0.4) is 0 Å². The van der Waals surface area contributed by atoms with Crippen LogP contribution in [0.5, 0.6) is 0 Å². The van der Waals surface area contributed by atoms with Crippen molar-refractivity contribution in [1.82, 2.24) is 10.2 Å². The Morgan fingerprint density at radius 2 is 2.16 bits per heavy atom. The lowest BCUT2D eigenvalue weighted by Crippen LogP contribution is -2.44. The van der Waals surface area contributed by atoms with Gasteiger partial charge in [0.2, 0.25) is 11.8 Å². The van der Waals surface area contributed by atoms with E-state index < -0.39 is 0 Å². The summed E-state index contributed by atoms with van der Waals surface area (Å²) < 4.78 is 0. The molecule has 19 heavy (non-hydrogen) atoms. The fourth-order valence-electron chi connectivity index (χ4n) is 3.28. The highest BCUT2D eigenvalue weighted by Gasteiger charge is 2.33. The maximum absolute atomic E-state index is 12.3. The first-order chi connectivity index (χ1) is 9.09. The summed E-state index contributed by atoms with van der Waals surface area (Å²) in [5.74, 6) is 0.680. The highest BCUT2D eigenvalue weighted by Crippen LogP contribution is 2.25. The highest BCUT2D eigenvalue weighted by molar-refractivity contribution is 5.87. The molecular weight excluding hydrogens is 242 g/mol. The molecule has 2 aliphatic rings. The fraction of sp³-hybridized carbons (Fsp3) is 0.857. The van der Waals surface area contributed by atoms with Crippen LogP contribution in [-0.2, 0) is 9.59 Å². The molecule has 2 saturated heterocycles. The summed E-state index contributed by atoms with van der Waals surface area (Å²) in [6, 6.07) is -0.371. The van der Waals surface area contributed by atoms with E-state index in [1.165, 1.54) is 12.8 Å². The number of hydrogen-bond acceptors (Lipinski definition) is 3. The summed E-state index contributed by atoms with van der Waals surface area (Å²) in [5, 5.41) is 3.39. The van der Waals surface area contributed by atoms with Crippen LogP contribution in [0.4, 0.5) is 0 Å². The lowest BCUT2D eigenvalue weighted by molar-refractivity contribution is -0.138. The molecule has 0 aliphatic carbocycles. The number of nitrogens with one attached hydrogen (secondary N) is 1. The number of rotatable bonds is 4. The molecule has 0 aromatic carbocycles. The van der Waals surface area contributed by atoms with Crippen LogP contribution in [0.2, 0.25) is 0 Å². The number of hydrogen-bond donors (Lipinski definition) is 2. The van der Waals surface area contributed by atoms with Crippen molar-refractivity contribution in [3.05, 3.63) is 0 Å². The number of primary amides is 1. The maximum atomic E-state index is 12.3. The molecule has 2 rings (SSSR count). The van der Waals surface area contributed by atoms with Crippen molar-refractivity contribution in [3.8, 4) is 0 Å². The van der Waals surface area contributed by atoms with Crippen molar-refractivity contribution in [2.45, 2.75) is 45.1 Å².